The molecule has 96 valence electrons. The molecule has 0 bridgehead atoms. The zero-order chi connectivity index (χ0) is 13.1. The van der Waals surface area contributed by atoms with E-state index in [1.54, 1.807) is 0 Å². The van der Waals surface area contributed by atoms with Crippen LogP contribution in [0.25, 0.3) is 0 Å². The summed E-state index contributed by atoms with van der Waals surface area (Å²) in [5.41, 5.74) is 1.08. The van der Waals surface area contributed by atoms with Crippen molar-refractivity contribution >= 4 is 31.9 Å². The minimum Gasteiger partial charge on any atom is -0.506 e. The van der Waals surface area contributed by atoms with Gasteiger partial charge in [0.05, 0.1) is 15.5 Å². The molecule has 0 aliphatic rings. The summed E-state index contributed by atoms with van der Waals surface area (Å²) < 4.78 is 6.83. The lowest BCUT2D eigenvalue weighted by atomic mass is 10.2. The van der Waals surface area contributed by atoms with E-state index < -0.39 is 0 Å². The summed E-state index contributed by atoms with van der Waals surface area (Å²) in [6, 6.07) is 7.69. The third-order valence-corrected chi connectivity index (χ3v) is 3.71. The molecule has 0 unspecified atom stereocenters. The minimum atomic E-state index is 0.223. The van der Waals surface area contributed by atoms with Gasteiger partial charge in [0.1, 0.15) is 17.3 Å². The second-order valence-corrected chi connectivity index (χ2v) is 5.73. The average Bonchev–Trinajstić information content (AvgIpc) is 2.72. The SMILES string of the molecule is Cc1ccc(CNCc2cc(Br)c(O)c(Br)c2)o1. The van der Waals surface area contributed by atoms with Crippen LogP contribution in [0.15, 0.2) is 37.6 Å². The lowest BCUT2D eigenvalue weighted by molar-refractivity contribution is 0.460. The molecule has 0 saturated carbocycles. The normalized spacial score (nSPS) is 10.8. The zero-order valence-electron chi connectivity index (χ0n) is 9.84. The molecule has 1 heterocycles. The van der Waals surface area contributed by atoms with Crippen molar-refractivity contribution in [2.75, 3.05) is 0 Å². The first-order chi connectivity index (χ1) is 8.56. The van der Waals surface area contributed by atoms with Gasteiger partial charge in [-0.2, -0.15) is 0 Å². The highest BCUT2D eigenvalue weighted by molar-refractivity contribution is 9.11. The molecule has 0 saturated heterocycles. The number of phenolic OH excluding ortho intramolecular Hbond substituents is 1. The molecule has 3 nitrogen and oxygen atoms in total. The lowest BCUT2D eigenvalue weighted by Crippen LogP contribution is -2.12. The minimum absolute atomic E-state index is 0.223. The van der Waals surface area contributed by atoms with E-state index in [4.69, 9.17) is 4.42 Å². The second kappa shape index (κ2) is 5.91. The molecule has 0 radical (unpaired) electrons. The van der Waals surface area contributed by atoms with Crippen LogP contribution in [-0.2, 0) is 13.1 Å². The number of nitrogens with one attached hydrogen (secondary N) is 1. The highest BCUT2D eigenvalue weighted by Gasteiger charge is 2.06. The first-order valence-electron chi connectivity index (χ1n) is 5.49. The quantitative estimate of drug-likeness (QED) is 0.846. The Morgan fingerprint density at radius 2 is 1.83 bits per heavy atom. The number of hydrogen-bond donors (Lipinski definition) is 2. The van der Waals surface area contributed by atoms with E-state index >= 15 is 0 Å². The van der Waals surface area contributed by atoms with Gasteiger partial charge in [-0.1, -0.05) is 0 Å². The molecule has 0 amide bonds. The molecular weight excluding hydrogens is 362 g/mol. The molecule has 0 aliphatic carbocycles. The highest BCUT2D eigenvalue weighted by Crippen LogP contribution is 2.33. The van der Waals surface area contributed by atoms with E-state index in [2.05, 4.69) is 37.2 Å². The van der Waals surface area contributed by atoms with Crippen LogP contribution in [0.1, 0.15) is 17.1 Å². The fourth-order valence-corrected chi connectivity index (χ4v) is 2.91. The van der Waals surface area contributed by atoms with Crippen molar-refractivity contribution in [2.45, 2.75) is 20.0 Å². The van der Waals surface area contributed by atoms with Crippen LogP contribution < -0.4 is 5.32 Å². The van der Waals surface area contributed by atoms with Gasteiger partial charge < -0.3 is 14.8 Å². The summed E-state index contributed by atoms with van der Waals surface area (Å²) in [6.07, 6.45) is 0. The van der Waals surface area contributed by atoms with Gasteiger partial charge in [0.15, 0.2) is 0 Å². The van der Waals surface area contributed by atoms with Gasteiger partial charge >= 0.3 is 0 Å². The summed E-state index contributed by atoms with van der Waals surface area (Å²) in [7, 11) is 0. The maximum Gasteiger partial charge on any atom is 0.143 e. The summed E-state index contributed by atoms with van der Waals surface area (Å²) in [5, 5.41) is 12.9. The average molecular weight is 375 g/mol. The van der Waals surface area contributed by atoms with Gasteiger partial charge in [0.2, 0.25) is 0 Å². The van der Waals surface area contributed by atoms with E-state index in [0.29, 0.717) is 22.0 Å². The van der Waals surface area contributed by atoms with Gasteiger partial charge in [-0.15, -0.1) is 0 Å². The van der Waals surface area contributed by atoms with Crippen LogP contribution >= 0.6 is 31.9 Å². The zero-order valence-corrected chi connectivity index (χ0v) is 13.0. The molecule has 0 spiro atoms. The number of aryl methyl sites for hydroxylation is 1. The Balaban J connectivity index is 1.94. The topological polar surface area (TPSA) is 45.4 Å². The van der Waals surface area contributed by atoms with Gasteiger partial charge in [0.25, 0.3) is 0 Å². The standard InChI is InChI=1S/C13H13Br2NO2/c1-8-2-3-10(18-8)7-16-6-9-4-11(14)13(17)12(15)5-9/h2-5,16-17H,6-7H2,1H3. The molecule has 2 aromatic rings. The number of hydrogen-bond acceptors (Lipinski definition) is 3. The van der Waals surface area contributed by atoms with Crippen molar-refractivity contribution in [3.8, 4) is 5.75 Å². The molecule has 1 aromatic heterocycles. The molecule has 2 N–H and O–H groups in total. The van der Waals surface area contributed by atoms with Gasteiger partial charge in [0, 0.05) is 6.54 Å². The third kappa shape index (κ3) is 3.37. The molecule has 0 atom stereocenters. The molecule has 5 heteroatoms. The van der Waals surface area contributed by atoms with E-state index in [1.165, 1.54) is 0 Å². The largest absolute Gasteiger partial charge is 0.506 e. The predicted octanol–water partition coefficient (Wildman–Crippen LogP) is 4.11. The van der Waals surface area contributed by atoms with E-state index in [9.17, 15) is 5.11 Å². The van der Waals surface area contributed by atoms with Gasteiger partial charge in [-0.3, -0.25) is 0 Å². The van der Waals surface area contributed by atoms with Crippen LogP contribution in [0.2, 0.25) is 0 Å². The highest BCUT2D eigenvalue weighted by atomic mass is 79.9. The summed E-state index contributed by atoms with van der Waals surface area (Å²) in [6.45, 7) is 3.32. The monoisotopic (exact) mass is 373 g/mol. The first kappa shape index (κ1) is 13.6. The first-order valence-corrected chi connectivity index (χ1v) is 7.08. The molecule has 1 aromatic carbocycles. The number of halogens is 2. The van der Waals surface area contributed by atoms with Crippen LogP contribution in [0.3, 0.4) is 0 Å². The summed E-state index contributed by atoms with van der Waals surface area (Å²) in [5.74, 6) is 2.06. The maximum absolute atomic E-state index is 9.61. The molecule has 0 aliphatic heterocycles. The molecule has 18 heavy (non-hydrogen) atoms. The third-order valence-electron chi connectivity index (χ3n) is 2.50. The van der Waals surface area contributed by atoms with Crippen LogP contribution in [0.4, 0.5) is 0 Å². The molecular formula is C13H13Br2NO2. The Hall–Kier alpha value is -0.780. The summed E-state index contributed by atoms with van der Waals surface area (Å²) in [4.78, 5) is 0. The maximum atomic E-state index is 9.61. The Morgan fingerprint density at radius 3 is 2.39 bits per heavy atom. The Bertz CT molecular complexity index is 529. The van der Waals surface area contributed by atoms with Crippen molar-refractivity contribution < 1.29 is 9.52 Å². The van der Waals surface area contributed by atoms with Crippen LogP contribution in [0.5, 0.6) is 5.75 Å². The lowest BCUT2D eigenvalue weighted by Gasteiger charge is -2.07. The van der Waals surface area contributed by atoms with E-state index in [0.717, 1.165) is 17.1 Å². The number of aromatic hydroxyl groups is 1. The molecule has 2 rings (SSSR count). The predicted molar refractivity (Wildman–Crippen MR) is 77.5 cm³/mol. The smallest absolute Gasteiger partial charge is 0.143 e. The summed E-state index contributed by atoms with van der Waals surface area (Å²) >= 11 is 6.62. The fraction of sp³-hybridized carbons (Fsp3) is 0.231. The van der Waals surface area contributed by atoms with Crippen molar-refractivity contribution in [1.29, 1.82) is 0 Å². The van der Waals surface area contributed by atoms with Crippen molar-refractivity contribution in [1.82, 2.24) is 5.32 Å². The van der Waals surface area contributed by atoms with E-state index in [-0.39, 0.29) is 5.75 Å². The Morgan fingerprint density at radius 1 is 1.17 bits per heavy atom. The van der Waals surface area contributed by atoms with Gasteiger partial charge in [-0.25, -0.2) is 0 Å². The Kier molecular flexibility index (Phi) is 4.48. The number of furan rings is 1. The fourth-order valence-electron chi connectivity index (χ4n) is 1.63. The van der Waals surface area contributed by atoms with Crippen LogP contribution in [0, 0.1) is 6.92 Å². The molecule has 0 fully saturated rings. The van der Waals surface area contributed by atoms with Crippen molar-refractivity contribution in [2.24, 2.45) is 0 Å². The Labute approximate surface area is 122 Å². The second-order valence-electron chi connectivity index (χ2n) is 4.02. The van der Waals surface area contributed by atoms with Crippen molar-refractivity contribution in [3.05, 3.63) is 50.3 Å². The van der Waals surface area contributed by atoms with Gasteiger partial charge in [-0.05, 0) is 68.6 Å². The number of benzene rings is 1. The van der Waals surface area contributed by atoms with E-state index in [1.807, 2.05) is 31.2 Å². The number of rotatable bonds is 4. The number of phenols is 1. The van der Waals surface area contributed by atoms with Crippen LogP contribution in [-0.4, -0.2) is 5.11 Å². The van der Waals surface area contributed by atoms with Crippen molar-refractivity contribution in [3.63, 3.8) is 0 Å².